The third-order valence-corrected chi connectivity index (χ3v) is 1.63. The molecule has 0 saturated carbocycles. The molecule has 13 heavy (non-hydrogen) atoms. The van der Waals surface area contributed by atoms with Gasteiger partial charge in [0.1, 0.15) is 5.76 Å². The summed E-state index contributed by atoms with van der Waals surface area (Å²) >= 11 is 0. The van der Waals surface area contributed by atoms with Crippen molar-refractivity contribution in [1.82, 2.24) is 4.90 Å². The highest BCUT2D eigenvalue weighted by Gasteiger charge is 2.15. The number of carbonyl (C=O) groups excluding carboxylic acids is 1. The minimum Gasteiger partial charge on any atom is -0.509 e. The summed E-state index contributed by atoms with van der Waals surface area (Å²) in [5.74, 6) is -0.140. The molecule has 1 rings (SSSR count). The van der Waals surface area contributed by atoms with Crippen LogP contribution in [0.2, 0.25) is 0 Å². The SMILES string of the molecule is C=C(O)/C=C\C(=C)N1CC=CC1=O. The van der Waals surface area contributed by atoms with E-state index in [1.165, 1.54) is 17.1 Å². The summed E-state index contributed by atoms with van der Waals surface area (Å²) < 4.78 is 0. The Morgan fingerprint density at radius 1 is 1.54 bits per heavy atom. The first-order valence-corrected chi connectivity index (χ1v) is 3.84. The van der Waals surface area contributed by atoms with Gasteiger partial charge in [-0.05, 0) is 12.2 Å². The van der Waals surface area contributed by atoms with Gasteiger partial charge in [-0.15, -0.1) is 0 Å². The van der Waals surface area contributed by atoms with Gasteiger partial charge in [0.05, 0.1) is 0 Å². The topological polar surface area (TPSA) is 40.5 Å². The third kappa shape index (κ3) is 2.33. The first kappa shape index (κ1) is 9.32. The number of aliphatic hydroxyl groups is 1. The van der Waals surface area contributed by atoms with Crippen molar-refractivity contribution in [3.63, 3.8) is 0 Å². The molecule has 1 amide bonds. The van der Waals surface area contributed by atoms with Crippen molar-refractivity contribution in [3.8, 4) is 0 Å². The predicted octanol–water partition coefficient (Wildman–Crippen LogP) is 1.53. The number of aliphatic hydroxyl groups excluding tert-OH is 1. The molecule has 0 unspecified atom stereocenters. The fourth-order valence-corrected chi connectivity index (χ4v) is 0.980. The molecule has 0 atom stereocenters. The molecule has 0 spiro atoms. The van der Waals surface area contributed by atoms with E-state index in [1.54, 1.807) is 12.2 Å². The van der Waals surface area contributed by atoms with Crippen LogP contribution < -0.4 is 0 Å². The van der Waals surface area contributed by atoms with Gasteiger partial charge in [-0.1, -0.05) is 19.2 Å². The van der Waals surface area contributed by atoms with Crippen molar-refractivity contribution in [2.24, 2.45) is 0 Å². The van der Waals surface area contributed by atoms with Crippen molar-refractivity contribution >= 4 is 5.91 Å². The lowest BCUT2D eigenvalue weighted by Crippen LogP contribution is -2.22. The molecule has 3 heteroatoms. The summed E-state index contributed by atoms with van der Waals surface area (Å²) in [6.45, 7) is 7.51. The highest BCUT2D eigenvalue weighted by molar-refractivity contribution is 5.91. The maximum Gasteiger partial charge on any atom is 0.250 e. The Kier molecular flexibility index (Phi) is 2.69. The average molecular weight is 177 g/mol. The molecule has 0 saturated heterocycles. The Morgan fingerprint density at radius 3 is 2.69 bits per heavy atom. The third-order valence-electron chi connectivity index (χ3n) is 1.63. The molecule has 68 valence electrons. The van der Waals surface area contributed by atoms with Gasteiger partial charge in [-0.25, -0.2) is 0 Å². The Hall–Kier alpha value is -1.77. The number of amides is 1. The van der Waals surface area contributed by atoms with Crippen LogP contribution in [0.15, 0.2) is 48.9 Å². The van der Waals surface area contributed by atoms with Crippen LogP contribution in [-0.4, -0.2) is 22.5 Å². The normalized spacial score (nSPS) is 15.7. The number of carbonyl (C=O) groups is 1. The maximum atomic E-state index is 11.1. The quantitative estimate of drug-likeness (QED) is 0.524. The van der Waals surface area contributed by atoms with Crippen LogP contribution in [-0.2, 0) is 4.79 Å². The molecule has 0 fully saturated rings. The molecule has 0 aromatic rings. The maximum absolute atomic E-state index is 11.1. The Labute approximate surface area is 77.0 Å². The molecular weight excluding hydrogens is 166 g/mol. The number of allylic oxidation sites excluding steroid dienone is 2. The van der Waals surface area contributed by atoms with Crippen molar-refractivity contribution in [3.05, 3.63) is 48.9 Å². The van der Waals surface area contributed by atoms with Gasteiger partial charge in [0.15, 0.2) is 0 Å². The smallest absolute Gasteiger partial charge is 0.250 e. The van der Waals surface area contributed by atoms with Crippen LogP contribution in [0.5, 0.6) is 0 Å². The monoisotopic (exact) mass is 177 g/mol. The zero-order valence-corrected chi connectivity index (χ0v) is 7.23. The summed E-state index contributed by atoms with van der Waals surface area (Å²) in [5, 5.41) is 8.77. The van der Waals surface area contributed by atoms with E-state index in [0.29, 0.717) is 12.2 Å². The van der Waals surface area contributed by atoms with Crippen LogP contribution in [0.1, 0.15) is 0 Å². The zero-order chi connectivity index (χ0) is 9.84. The van der Waals surface area contributed by atoms with Crippen molar-refractivity contribution in [2.45, 2.75) is 0 Å². The summed E-state index contributed by atoms with van der Waals surface area (Å²) in [5.41, 5.74) is 0.546. The molecule has 0 aromatic heterocycles. The van der Waals surface area contributed by atoms with Crippen LogP contribution in [0.25, 0.3) is 0 Å². The molecule has 1 aliphatic rings. The van der Waals surface area contributed by atoms with Crippen LogP contribution in [0, 0.1) is 0 Å². The van der Waals surface area contributed by atoms with E-state index in [0.717, 1.165) is 0 Å². The summed E-state index contributed by atoms with van der Waals surface area (Å²) in [6.07, 6.45) is 6.20. The highest BCUT2D eigenvalue weighted by Crippen LogP contribution is 2.10. The van der Waals surface area contributed by atoms with Gasteiger partial charge in [0.25, 0.3) is 5.91 Å². The molecule has 0 aliphatic carbocycles. The van der Waals surface area contributed by atoms with Gasteiger partial charge >= 0.3 is 0 Å². The van der Waals surface area contributed by atoms with Gasteiger partial charge in [-0.3, -0.25) is 4.79 Å². The van der Waals surface area contributed by atoms with Gasteiger partial charge in [0.2, 0.25) is 0 Å². The minimum absolute atomic E-state index is 0.0549. The van der Waals surface area contributed by atoms with Crippen molar-refractivity contribution < 1.29 is 9.90 Å². The van der Waals surface area contributed by atoms with Crippen molar-refractivity contribution in [1.29, 1.82) is 0 Å². The van der Waals surface area contributed by atoms with E-state index < -0.39 is 0 Å². The second-order valence-electron chi connectivity index (χ2n) is 2.67. The lowest BCUT2D eigenvalue weighted by Gasteiger charge is -2.14. The molecule has 1 N–H and O–H groups in total. The number of hydrogen-bond donors (Lipinski definition) is 1. The second kappa shape index (κ2) is 3.76. The molecular formula is C10H11NO2. The standard InChI is InChI=1S/C10H11NO2/c1-8(5-6-9(2)12)11-7-3-4-10(11)13/h3-6,12H,1-2,7H2/b6-5-. The van der Waals surface area contributed by atoms with E-state index in [-0.39, 0.29) is 11.7 Å². The molecule has 0 aromatic carbocycles. The van der Waals surface area contributed by atoms with Crippen LogP contribution in [0.3, 0.4) is 0 Å². The lowest BCUT2D eigenvalue weighted by molar-refractivity contribution is -0.122. The second-order valence-corrected chi connectivity index (χ2v) is 2.67. The summed E-state index contributed by atoms with van der Waals surface area (Å²) in [4.78, 5) is 12.6. The van der Waals surface area contributed by atoms with Gasteiger partial charge in [0, 0.05) is 18.3 Å². The molecule has 3 nitrogen and oxygen atoms in total. The Bertz CT molecular complexity index is 313. The lowest BCUT2D eigenvalue weighted by atomic mass is 10.3. The molecule has 1 aliphatic heterocycles. The van der Waals surface area contributed by atoms with Gasteiger partial charge < -0.3 is 10.0 Å². The Morgan fingerprint density at radius 2 is 2.23 bits per heavy atom. The fraction of sp³-hybridized carbons (Fsp3) is 0.100. The minimum atomic E-state index is -0.0850. The molecule has 0 radical (unpaired) electrons. The summed E-state index contributed by atoms with van der Waals surface area (Å²) in [7, 11) is 0. The number of hydrogen-bond acceptors (Lipinski definition) is 2. The first-order valence-electron chi connectivity index (χ1n) is 3.84. The van der Waals surface area contributed by atoms with Crippen LogP contribution in [0.4, 0.5) is 0 Å². The molecule has 1 heterocycles. The first-order chi connectivity index (χ1) is 6.11. The van der Waals surface area contributed by atoms with Crippen molar-refractivity contribution in [2.75, 3.05) is 6.54 Å². The fourth-order valence-electron chi connectivity index (χ4n) is 0.980. The van der Waals surface area contributed by atoms with Gasteiger partial charge in [-0.2, -0.15) is 0 Å². The predicted molar refractivity (Wildman–Crippen MR) is 50.9 cm³/mol. The van der Waals surface area contributed by atoms with E-state index >= 15 is 0 Å². The highest BCUT2D eigenvalue weighted by atomic mass is 16.3. The summed E-state index contributed by atoms with van der Waals surface area (Å²) in [6, 6.07) is 0. The Balaban J connectivity index is 2.59. The van der Waals surface area contributed by atoms with E-state index in [2.05, 4.69) is 13.2 Å². The average Bonchev–Trinajstić information content (AvgIpc) is 2.47. The van der Waals surface area contributed by atoms with E-state index in [9.17, 15) is 4.79 Å². The zero-order valence-electron chi connectivity index (χ0n) is 7.23. The van der Waals surface area contributed by atoms with E-state index in [4.69, 9.17) is 5.11 Å². The van der Waals surface area contributed by atoms with E-state index in [1.807, 2.05) is 0 Å². The molecule has 0 bridgehead atoms. The largest absolute Gasteiger partial charge is 0.509 e. The number of nitrogens with zero attached hydrogens (tertiary/aromatic N) is 1. The van der Waals surface area contributed by atoms with Crippen LogP contribution >= 0.6 is 0 Å². The number of rotatable bonds is 3.